The Morgan fingerprint density at radius 3 is 2.76 bits per heavy atom. The highest BCUT2D eigenvalue weighted by Gasteiger charge is 2.30. The number of halogens is 1. The largest absolute Gasteiger partial charge is 0.388 e. The molecule has 7 nitrogen and oxygen atoms in total. The van der Waals surface area contributed by atoms with E-state index in [1.54, 1.807) is 0 Å². The molecular formula is C13H15FN2O5. The van der Waals surface area contributed by atoms with Crippen molar-refractivity contribution in [3.8, 4) is 0 Å². The van der Waals surface area contributed by atoms with Gasteiger partial charge in [0.1, 0.15) is 0 Å². The molecule has 0 aliphatic carbocycles. The Hall–Kier alpha value is -2.06. The van der Waals surface area contributed by atoms with Crippen molar-refractivity contribution in [2.45, 2.75) is 18.4 Å². The van der Waals surface area contributed by atoms with Gasteiger partial charge in [-0.15, -0.1) is 0 Å². The van der Waals surface area contributed by atoms with Gasteiger partial charge in [0.2, 0.25) is 5.82 Å². The number of carbonyl (C=O) groups is 1. The third-order valence-corrected chi connectivity index (χ3v) is 3.41. The van der Waals surface area contributed by atoms with Gasteiger partial charge in [0.05, 0.1) is 10.5 Å². The van der Waals surface area contributed by atoms with E-state index in [0.29, 0.717) is 26.1 Å². The van der Waals surface area contributed by atoms with Crippen LogP contribution in [0.1, 0.15) is 23.2 Å². The zero-order valence-electron chi connectivity index (χ0n) is 11.2. The standard InChI is InChI=1S/C13H15FN2O5/c14-10-2-1-9(7-11(10)16(19)20)12(17)15-8-13(18)3-5-21-6-4-13/h1-2,7,18H,3-6,8H2,(H,15,17). The lowest BCUT2D eigenvalue weighted by Crippen LogP contribution is -2.46. The van der Waals surface area contributed by atoms with Crippen LogP contribution < -0.4 is 5.32 Å². The summed E-state index contributed by atoms with van der Waals surface area (Å²) in [6.07, 6.45) is 0.799. The number of ether oxygens (including phenoxy) is 1. The predicted molar refractivity (Wildman–Crippen MR) is 70.4 cm³/mol. The minimum atomic E-state index is -1.04. The fourth-order valence-electron chi connectivity index (χ4n) is 2.07. The lowest BCUT2D eigenvalue weighted by atomic mass is 9.94. The minimum absolute atomic E-state index is 0.0143. The Labute approximate surface area is 119 Å². The van der Waals surface area contributed by atoms with Gasteiger partial charge in [0.15, 0.2) is 0 Å². The first kappa shape index (κ1) is 15.3. The molecule has 1 aromatic carbocycles. The summed E-state index contributed by atoms with van der Waals surface area (Å²) in [5.41, 5.74) is -1.83. The van der Waals surface area contributed by atoms with E-state index in [9.17, 15) is 24.4 Å². The van der Waals surface area contributed by atoms with Gasteiger partial charge in [0.25, 0.3) is 5.91 Å². The molecule has 2 rings (SSSR count). The van der Waals surface area contributed by atoms with Crippen LogP contribution in [0.15, 0.2) is 18.2 Å². The first-order valence-corrected chi connectivity index (χ1v) is 6.44. The average molecular weight is 298 g/mol. The molecule has 0 saturated carbocycles. The Balaban J connectivity index is 2.03. The van der Waals surface area contributed by atoms with Crippen LogP contribution in [-0.2, 0) is 4.74 Å². The molecule has 0 spiro atoms. The molecule has 0 unspecified atom stereocenters. The third kappa shape index (κ3) is 3.73. The summed E-state index contributed by atoms with van der Waals surface area (Å²) in [4.78, 5) is 21.7. The minimum Gasteiger partial charge on any atom is -0.388 e. The van der Waals surface area contributed by atoms with Crippen molar-refractivity contribution in [2.75, 3.05) is 19.8 Å². The molecule has 0 atom stereocenters. The normalized spacial score (nSPS) is 17.2. The van der Waals surface area contributed by atoms with Crippen LogP contribution in [0.2, 0.25) is 0 Å². The fraction of sp³-hybridized carbons (Fsp3) is 0.462. The number of aliphatic hydroxyl groups is 1. The van der Waals surface area contributed by atoms with Crippen molar-refractivity contribution in [2.24, 2.45) is 0 Å². The SMILES string of the molecule is O=C(NCC1(O)CCOCC1)c1ccc(F)c([N+](=O)[O-])c1. The van der Waals surface area contributed by atoms with Gasteiger partial charge in [-0.25, -0.2) is 0 Å². The molecule has 21 heavy (non-hydrogen) atoms. The van der Waals surface area contributed by atoms with E-state index in [1.807, 2.05) is 0 Å². The van der Waals surface area contributed by atoms with Gasteiger partial charge in [-0.05, 0) is 12.1 Å². The van der Waals surface area contributed by atoms with Gasteiger partial charge < -0.3 is 15.2 Å². The van der Waals surface area contributed by atoms with Crippen molar-refractivity contribution in [3.05, 3.63) is 39.7 Å². The monoisotopic (exact) mass is 298 g/mol. The number of hydrogen-bond donors (Lipinski definition) is 2. The van der Waals surface area contributed by atoms with Crippen LogP contribution in [-0.4, -0.2) is 41.3 Å². The summed E-state index contributed by atoms with van der Waals surface area (Å²) in [6.45, 7) is 0.836. The molecule has 8 heteroatoms. The van der Waals surface area contributed by atoms with E-state index in [4.69, 9.17) is 4.74 Å². The van der Waals surface area contributed by atoms with Gasteiger partial charge in [-0.3, -0.25) is 14.9 Å². The number of hydrogen-bond acceptors (Lipinski definition) is 5. The van der Waals surface area contributed by atoms with E-state index in [-0.39, 0.29) is 12.1 Å². The highest BCUT2D eigenvalue weighted by molar-refractivity contribution is 5.94. The Bertz CT molecular complexity index is 557. The van der Waals surface area contributed by atoms with Gasteiger partial charge in [-0.2, -0.15) is 4.39 Å². The topological polar surface area (TPSA) is 102 Å². The van der Waals surface area contributed by atoms with Crippen molar-refractivity contribution >= 4 is 11.6 Å². The number of nitrogens with one attached hydrogen (secondary N) is 1. The van der Waals surface area contributed by atoms with Crippen molar-refractivity contribution in [1.29, 1.82) is 0 Å². The first-order chi connectivity index (χ1) is 9.91. The second-order valence-electron chi connectivity index (χ2n) is 4.94. The number of rotatable bonds is 4. The van der Waals surface area contributed by atoms with Crippen LogP contribution in [0, 0.1) is 15.9 Å². The van der Waals surface area contributed by atoms with Gasteiger partial charge in [0, 0.05) is 44.2 Å². The Morgan fingerprint density at radius 1 is 1.48 bits per heavy atom. The van der Waals surface area contributed by atoms with E-state index in [0.717, 1.165) is 18.2 Å². The van der Waals surface area contributed by atoms with Gasteiger partial charge >= 0.3 is 5.69 Å². The summed E-state index contributed by atoms with van der Waals surface area (Å²) in [5.74, 6) is -1.60. The maximum Gasteiger partial charge on any atom is 0.305 e. The molecule has 1 heterocycles. The number of nitrogens with zero attached hydrogens (tertiary/aromatic N) is 1. The number of amides is 1. The molecule has 1 saturated heterocycles. The summed E-state index contributed by atoms with van der Waals surface area (Å²) in [5, 5.41) is 23.3. The summed E-state index contributed by atoms with van der Waals surface area (Å²) < 4.78 is 18.3. The Kier molecular flexibility index (Phi) is 4.49. The van der Waals surface area contributed by atoms with E-state index in [2.05, 4.69) is 5.32 Å². The van der Waals surface area contributed by atoms with E-state index in [1.165, 1.54) is 0 Å². The first-order valence-electron chi connectivity index (χ1n) is 6.44. The number of nitro groups is 1. The third-order valence-electron chi connectivity index (χ3n) is 3.41. The maximum absolute atomic E-state index is 13.2. The van der Waals surface area contributed by atoms with Crippen LogP contribution in [0.3, 0.4) is 0 Å². The fourth-order valence-corrected chi connectivity index (χ4v) is 2.07. The highest BCUT2D eigenvalue weighted by atomic mass is 19.1. The number of carbonyl (C=O) groups excluding carboxylic acids is 1. The molecule has 1 amide bonds. The Morgan fingerprint density at radius 2 is 2.14 bits per heavy atom. The van der Waals surface area contributed by atoms with Crippen LogP contribution >= 0.6 is 0 Å². The number of benzene rings is 1. The second kappa shape index (κ2) is 6.15. The summed E-state index contributed by atoms with van der Waals surface area (Å²) in [7, 11) is 0. The van der Waals surface area contributed by atoms with E-state index >= 15 is 0 Å². The van der Waals surface area contributed by atoms with Crippen LogP contribution in [0.4, 0.5) is 10.1 Å². The molecule has 1 aliphatic rings. The van der Waals surface area contributed by atoms with Crippen molar-refractivity contribution in [1.82, 2.24) is 5.32 Å². The quantitative estimate of drug-likeness (QED) is 0.638. The average Bonchev–Trinajstić information content (AvgIpc) is 2.46. The lowest BCUT2D eigenvalue weighted by Gasteiger charge is -2.32. The van der Waals surface area contributed by atoms with Crippen molar-refractivity contribution < 1.29 is 24.0 Å². The summed E-state index contributed by atoms with van der Waals surface area (Å²) >= 11 is 0. The zero-order chi connectivity index (χ0) is 15.5. The van der Waals surface area contributed by atoms with Gasteiger partial charge in [-0.1, -0.05) is 0 Å². The molecule has 114 valence electrons. The van der Waals surface area contributed by atoms with Crippen LogP contribution in [0.5, 0.6) is 0 Å². The second-order valence-corrected chi connectivity index (χ2v) is 4.94. The molecule has 1 aromatic rings. The predicted octanol–water partition coefficient (Wildman–Crippen LogP) is 1.01. The number of nitro benzene ring substituents is 1. The molecule has 1 aliphatic heterocycles. The molecule has 2 N–H and O–H groups in total. The highest BCUT2D eigenvalue weighted by Crippen LogP contribution is 2.21. The molecule has 0 aromatic heterocycles. The molecule has 1 fully saturated rings. The lowest BCUT2D eigenvalue weighted by molar-refractivity contribution is -0.387. The van der Waals surface area contributed by atoms with Crippen LogP contribution in [0.25, 0.3) is 0 Å². The summed E-state index contributed by atoms with van der Waals surface area (Å²) in [6, 6.07) is 2.90. The van der Waals surface area contributed by atoms with Crippen molar-refractivity contribution in [3.63, 3.8) is 0 Å². The molecule has 0 bridgehead atoms. The smallest absolute Gasteiger partial charge is 0.305 e. The maximum atomic E-state index is 13.2. The molecular weight excluding hydrogens is 283 g/mol. The molecule has 0 radical (unpaired) electrons. The van der Waals surface area contributed by atoms with E-state index < -0.39 is 27.9 Å². The zero-order valence-corrected chi connectivity index (χ0v) is 11.2.